The molecule has 0 aliphatic carbocycles. The van der Waals surface area contributed by atoms with Gasteiger partial charge in [0.1, 0.15) is 15.7 Å². The number of nitrogens with zero attached hydrogens (tertiary/aromatic N) is 1. The van der Waals surface area contributed by atoms with Crippen molar-refractivity contribution in [1.82, 2.24) is 4.90 Å². The van der Waals surface area contributed by atoms with Crippen LogP contribution in [0.15, 0.2) is 12.1 Å². The summed E-state index contributed by atoms with van der Waals surface area (Å²) in [6, 6.07) is 0.941. The van der Waals surface area contributed by atoms with Crippen molar-refractivity contribution in [2.24, 2.45) is 11.7 Å². The van der Waals surface area contributed by atoms with Gasteiger partial charge in [0.05, 0.1) is 5.75 Å². The lowest BCUT2D eigenvalue weighted by Crippen LogP contribution is -2.50. The Hall–Kier alpha value is -1.61. The molecular formula is C19H25F3N2O3S. The SMILES string of the molecule is CS(=O)(=O)CCC(=O)N1[C@@H]2CC[C@H]1C[C@H]([C@H](N)Cc1cc(F)c(F)cc1F)C2. The lowest BCUT2D eigenvalue weighted by atomic mass is 9.82. The lowest BCUT2D eigenvalue weighted by molar-refractivity contribution is -0.136. The van der Waals surface area contributed by atoms with Gasteiger partial charge in [0.2, 0.25) is 5.91 Å². The molecule has 2 fully saturated rings. The Morgan fingerprint density at radius 2 is 1.71 bits per heavy atom. The fourth-order valence-electron chi connectivity index (χ4n) is 4.52. The molecule has 0 aromatic heterocycles. The summed E-state index contributed by atoms with van der Waals surface area (Å²) in [4.78, 5) is 14.3. The van der Waals surface area contributed by atoms with Crippen LogP contribution >= 0.6 is 0 Å². The largest absolute Gasteiger partial charge is 0.337 e. The molecule has 0 unspecified atom stereocenters. The number of amides is 1. The fourth-order valence-corrected chi connectivity index (χ4v) is 5.06. The van der Waals surface area contributed by atoms with Crippen molar-refractivity contribution in [3.8, 4) is 0 Å². The van der Waals surface area contributed by atoms with Crippen LogP contribution in [-0.2, 0) is 21.1 Å². The molecule has 2 bridgehead atoms. The number of hydrogen-bond donors (Lipinski definition) is 1. The van der Waals surface area contributed by atoms with Crippen LogP contribution in [0.1, 0.15) is 37.7 Å². The molecule has 2 aliphatic heterocycles. The Bertz CT molecular complexity index is 848. The average molecular weight is 418 g/mol. The second-order valence-corrected chi connectivity index (χ2v) is 10.3. The summed E-state index contributed by atoms with van der Waals surface area (Å²) in [6.07, 6.45) is 4.13. The van der Waals surface area contributed by atoms with Crippen LogP contribution in [0, 0.1) is 23.4 Å². The highest BCUT2D eigenvalue weighted by atomic mass is 32.2. The van der Waals surface area contributed by atoms with E-state index < -0.39 is 33.3 Å². The molecule has 2 N–H and O–H groups in total. The van der Waals surface area contributed by atoms with Crippen molar-refractivity contribution in [3.63, 3.8) is 0 Å². The number of sulfone groups is 1. The van der Waals surface area contributed by atoms with Gasteiger partial charge in [-0.15, -0.1) is 0 Å². The van der Waals surface area contributed by atoms with Gasteiger partial charge in [-0.05, 0) is 49.7 Å². The maximum Gasteiger partial charge on any atom is 0.224 e. The van der Waals surface area contributed by atoms with Gasteiger partial charge in [-0.25, -0.2) is 21.6 Å². The summed E-state index contributed by atoms with van der Waals surface area (Å²) in [5.41, 5.74) is 6.31. The standard InChI is InChI=1S/C19H25F3N2O3S/c1-28(26,27)5-4-19(25)24-13-2-3-14(24)7-12(6-13)18(23)9-11-8-16(21)17(22)10-15(11)20/h8,10,12-14,18H,2-7,9,23H2,1H3/t12-,13-,14+,18-/m1/s1. The van der Waals surface area contributed by atoms with E-state index >= 15 is 0 Å². The zero-order valence-corrected chi connectivity index (χ0v) is 16.5. The van der Waals surface area contributed by atoms with E-state index in [1.807, 2.05) is 0 Å². The number of halogens is 3. The molecule has 28 heavy (non-hydrogen) atoms. The van der Waals surface area contributed by atoms with E-state index in [1.165, 1.54) is 0 Å². The highest BCUT2D eigenvalue weighted by Crippen LogP contribution is 2.40. The summed E-state index contributed by atoms with van der Waals surface area (Å²) in [6.45, 7) is 0. The first-order valence-corrected chi connectivity index (χ1v) is 11.5. The molecule has 2 aliphatic rings. The van der Waals surface area contributed by atoms with E-state index in [1.54, 1.807) is 4.90 Å². The Labute approximate surface area is 163 Å². The minimum Gasteiger partial charge on any atom is -0.337 e. The van der Waals surface area contributed by atoms with E-state index in [9.17, 15) is 26.4 Å². The van der Waals surface area contributed by atoms with Crippen LogP contribution in [0.4, 0.5) is 13.2 Å². The third-order valence-electron chi connectivity index (χ3n) is 5.89. The monoisotopic (exact) mass is 418 g/mol. The minimum atomic E-state index is -3.20. The van der Waals surface area contributed by atoms with Gasteiger partial charge in [0.15, 0.2) is 11.6 Å². The number of benzene rings is 1. The van der Waals surface area contributed by atoms with Gasteiger partial charge >= 0.3 is 0 Å². The Balaban J connectivity index is 1.63. The van der Waals surface area contributed by atoms with Crippen molar-refractivity contribution < 1.29 is 26.4 Å². The molecule has 1 amide bonds. The number of hydrogen-bond acceptors (Lipinski definition) is 4. The van der Waals surface area contributed by atoms with Crippen LogP contribution in [0.2, 0.25) is 0 Å². The van der Waals surface area contributed by atoms with Crippen LogP contribution in [-0.4, -0.2) is 49.4 Å². The summed E-state index contributed by atoms with van der Waals surface area (Å²) in [5, 5.41) is 0. The number of fused-ring (bicyclic) bond motifs is 2. The molecule has 4 atom stereocenters. The van der Waals surface area contributed by atoms with Crippen molar-refractivity contribution in [2.75, 3.05) is 12.0 Å². The molecule has 2 heterocycles. The molecule has 1 aromatic rings. The smallest absolute Gasteiger partial charge is 0.224 e. The molecule has 1 aromatic carbocycles. The summed E-state index contributed by atoms with van der Waals surface area (Å²) < 4.78 is 63.1. The topological polar surface area (TPSA) is 80.5 Å². The van der Waals surface area contributed by atoms with Crippen LogP contribution in [0.5, 0.6) is 0 Å². The lowest BCUT2D eigenvalue weighted by Gasteiger charge is -2.41. The minimum absolute atomic E-state index is 0.00309. The molecule has 156 valence electrons. The van der Waals surface area contributed by atoms with Gasteiger partial charge in [-0.3, -0.25) is 4.79 Å². The highest BCUT2D eigenvalue weighted by molar-refractivity contribution is 7.90. The Morgan fingerprint density at radius 3 is 2.29 bits per heavy atom. The molecule has 0 saturated carbocycles. The van der Waals surface area contributed by atoms with Crippen LogP contribution in [0.3, 0.4) is 0 Å². The highest BCUT2D eigenvalue weighted by Gasteiger charge is 2.44. The Kier molecular flexibility index (Phi) is 6.05. The van der Waals surface area contributed by atoms with Gasteiger partial charge in [0.25, 0.3) is 0 Å². The number of piperidine rings is 1. The Morgan fingerprint density at radius 1 is 1.14 bits per heavy atom. The van der Waals surface area contributed by atoms with Crippen LogP contribution < -0.4 is 5.73 Å². The van der Waals surface area contributed by atoms with Crippen molar-refractivity contribution >= 4 is 15.7 Å². The van der Waals surface area contributed by atoms with Gasteiger partial charge in [0, 0.05) is 36.9 Å². The average Bonchev–Trinajstić information content (AvgIpc) is 2.86. The molecule has 0 spiro atoms. The maximum atomic E-state index is 13.9. The fraction of sp³-hybridized carbons (Fsp3) is 0.632. The van der Waals surface area contributed by atoms with Crippen LogP contribution in [0.25, 0.3) is 0 Å². The third kappa shape index (κ3) is 4.68. The van der Waals surface area contributed by atoms with Crippen molar-refractivity contribution in [2.45, 2.75) is 56.7 Å². The number of nitrogens with two attached hydrogens (primary N) is 1. The van der Waals surface area contributed by atoms with Gasteiger partial charge in [-0.1, -0.05) is 0 Å². The first kappa shape index (κ1) is 21.1. The number of rotatable bonds is 6. The molecular weight excluding hydrogens is 393 g/mol. The molecule has 5 nitrogen and oxygen atoms in total. The maximum absolute atomic E-state index is 13.9. The second kappa shape index (κ2) is 8.02. The van der Waals surface area contributed by atoms with Crippen molar-refractivity contribution in [1.29, 1.82) is 0 Å². The molecule has 3 rings (SSSR count). The van der Waals surface area contributed by atoms with Gasteiger partial charge < -0.3 is 10.6 Å². The van der Waals surface area contributed by atoms with E-state index in [2.05, 4.69) is 0 Å². The molecule has 0 radical (unpaired) electrons. The predicted octanol–water partition coefficient (Wildman–Crippen LogP) is 2.18. The zero-order valence-electron chi connectivity index (χ0n) is 15.7. The predicted molar refractivity (Wildman–Crippen MR) is 98.7 cm³/mol. The van der Waals surface area contributed by atoms with Gasteiger partial charge in [-0.2, -0.15) is 0 Å². The van der Waals surface area contributed by atoms with E-state index in [0.717, 1.165) is 25.2 Å². The summed E-state index contributed by atoms with van der Waals surface area (Å²) >= 11 is 0. The third-order valence-corrected chi connectivity index (χ3v) is 6.84. The summed E-state index contributed by atoms with van der Waals surface area (Å²) in [7, 11) is -3.20. The first-order valence-electron chi connectivity index (χ1n) is 9.43. The van der Waals surface area contributed by atoms with E-state index in [4.69, 9.17) is 5.73 Å². The number of carbonyl (C=O) groups is 1. The van der Waals surface area contributed by atoms with E-state index in [0.29, 0.717) is 18.9 Å². The first-order chi connectivity index (χ1) is 13.0. The summed E-state index contributed by atoms with van der Waals surface area (Å²) in [5.74, 6) is -3.44. The molecule has 2 saturated heterocycles. The van der Waals surface area contributed by atoms with Crippen molar-refractivity contribution in [3.05, 3.63) is 35.1 Å². The molecule has 9 heteroatoms. The second-order valence-electron chi connectivity index (χ2n) is 8.02. The normalized spacial score (nSPS) is 25.8. The van der Waals surface area contributed by atoms with E-state index in [-0.39, 0.29) is 48.1 Å². The zero-order chi connectivity index (χ0) is 20.6. The quantitative estimate of drug-likeness (QED) is 0.718. The number of carbonyl (C=O) groups excluding carboxylic acids is 1.